The van der Waals surface area contributed by atoms with E-state index in [0.29, 0.717) is 11.3 Å². The molecule has 1 aromatic heterocycles. The smallest absolute Gasteiger partial charge is 0.219 e. The second kappa shape index (κ2) is 7.29. The van der Waals surface area contributed by atoms with Crippen molar-refractivity contribution in [2.75, 3.05) is 5.75 Å². The average Bonchev–Trinajstić information content (AvgIpc) is 3.53. The molecule has 1 fully saturated rings. The van der Waals surface area contributed by atoms with Crippen LogP contribution in [0.2, 0.25) is 0 Å². The minimum absolute atomic E-state index is 0.135. The molecule has 0 spiro atoms. The zero-order valence-electron chi connectivity index (χ0n) is 19.5. The van der Waals surface area contributed by atoms with Crippen LogP contribution in [0.15, 0.2) is 15.6 Å². The third-order valence-corrected chi connectivity index (χ3v) is 10.5. The Morgan fingerprint density at radius 1 is 1.09 bits per heavy atom. The second-order valence-electron chi connectivity index (χ2n) is 10.9. The van der Waals surface area contributed by atoms with E-state index < -0.39 is 21.2 Å². The van der Waals surface area contributed by atoms with Crippen molar-refractivity contribution in [1.82, 2.24) is 0 Å². The highest BCUT2D eigenvalue weighted by molar-refractivity contribution is 7.92. The summed E-state index contributed by atoms with van der Waals surface area (Å²) in [5.41, 5.74) is 7.45. The summed E-state index contributed by atoms with van der Waals surface area (Å²) in [6.45, 7) is 3.97. The Morgan fingerprint density at radius 3 is 2.39 bits per heavy atom. The van der Waals surface area contributed by atoms with Crippen LogP contribution in [0, 0.1) is 12.8 Å². The number of benzene rings is 1. The van der Waals surface area contributed by atoms with Crippen LogP contribution in [0.1, 0.15) is 89.7 Å². The van der Waals surface area contributed by atoms with Gasteiger partial charge in [-0.05, 0) is 111 Å². The molecule has 1 N–H and O–H groups in total. The Bertz CT molecular complexity index is 1250. The topological polar surface area (TPSA) is 84.6 Å². The zero-order chi connectivity index (χ0) is 23.1. The fourth-order valence-corrected chi connectivity index (χ4v) is 8.46. The Kier molecular flexibility index (Phi) is 4.77. The molecule has 4 aliphatic carbocycles. The van der Waals surface area contributed by atoms with Crippen LogP contribution in [0.5, 0.6) is 0 Å². The summed E-state index contributed by atoms with van der Waals surface area (Å²) in [6.07, 6.45) is 9.17. The monoisotopic (exact) mass is 468 g/mol. The third kappa shape index (κ3) is 3.20. The lowest BCUT2D eigenvalue weighted by atomic mass is 9.76. The lowest BCUT2D eigenvalue weighted by molar-refractivity contribution is -0.116. The van der Waals surface area contributed by atoms with Crippen molar-refractivity contribution in [3.05, 3.63) is 50.8 Å². The molecule has 176 valence electrons. The first kappa shape index (κ1) is 21.6. The Hall–Kier alpha value is -1.92. The van der Waals surface area contributed by atoms with Crippen LogP contribution in [0.4, 0.5) is 0 Å². The highest BCUT2D eigenvalue weighted by Crippen LogP contribution is 2.55. The van der Waals surface area contributed by atoms with Gasteiger partial charge >= 0.3 is 0 Å². The number of ketones is 1. The third-order valence-electron chi connectivity index (χ3n) is 8.98. The molecule has 5 nitrogen and oxygen atoms in total. The van der Waals surface area contributed by atoms with Gasteiger partial charge in [-0.2, -0.15) is 0 Å². The number of hydrogen-bond acceptors (Lipinski definition) is 5. The van der Waals surface area contributed by atoms with Crippen molar-refractivity contribution in [3.8, 4) is 0 Å². The van der Waals surface area contributed by atoms with Gasteiger partial charge in [0, 0.05) is 24.0 Å². The fraction of sp³-hybridized carbons (Fsp3) is 0.593. The van der Waals surface area contributed by atoms with Crippen molar-refractivity contribution in [2.24, 2.45) is 5.92 Å². The van der Waals surface area contributed by atoms with E-state index in [1.165, 1.54) is 33.9 Å². The van der Waals surface area contributed by atoms with Crippen LogP contribution in [-0.4, -0.2) is 25.1 Å². The number of carbonyl (C=O) groups is 1. The second-order valence-corrected chi connectivity index (χ2v) is 12.8. The van der Waals surface area contributed by atoms with Gasteiger partial charge in [0.2, 0.25) is 14.9 Å². The molecule has 1 saturated carbocycles. The van der Waals surface area contributed by atoms with Gasteiger partial charge in [0.1, 0.15) is 11.5 Å². The maximum absolute atomic E-state index is 13.2. The Labute approximate surface area is 195 Å². The molecule has 2 aromatic rings. The van der Waals surface area contributed by atoms with Crippen molar-refractivity contribution in [3.63, 3.8) is 0 Å². The van der Waals surface area contributed by atoms with Crippen LogP contribution in [0.3, 0.4) is 0 Å². The van der Waals surface area contributed by atoms with Crippen LogP contribution < -0.4 is 0 Å². The molecule has 3 unspecified atom stereocenters. The van der Waals surface area contributed by atoms with Gasteiger partial charge in [0.05, 0.1) is 5.60 Å². The number of furan rings is 1. The van der Waals surface area contributed by atoms with Crippen molar-refractivity contribution >= 4 is 15.6 Å². The number of fused-ring (bicyclic) bond motifs is 6. The standard InChI is InChI=1S/C27H32O5S/c1-15-19-5-3-7-21(19)23(22-8-4-6-20(15)22)12-18(28)14-33(30,31)25-13-24-26(32-25)16-9-10-17(11-16)27(24,2)29/h13,16-17,29H,3-12,14H2,1-2H3. The molecule has 3 atom stereocenters. The molecule has 0 radical (unpaired) electrons. The predicted molar refractivity (Wildman–Crippen MR) is 124 cm³/mol. The molecule has 2 bridgehead atoms. The van der Waals surface area contributed by atoms with Gasteiger partial charge in [0.15, 0.2) is 5.78 Å². The molecular weight excluding hydrogens is 436 g/mol. The summed E-state index contributed by atoms with van der Waals surface area (Å²) in [7, 11) is -3.90. The van der Waals surface area contributed by atoms with E-state index in [0.717, 1.165) is 63.4 Å². The molecule has 6 heteroatoms. The van der Waals surface area contributed by atoms with Gasteiger partial charge in [-0.1, -0.05) is 0 Å². The van der Waals surface area contributed by atoms with E-state index in [4.69, 9.17) is 4.42 Å². The number of hydrogen-bond donors (Lipinski definition) is 1. The predicted octanol–water partition coefficient (Wildman–Crippen LogP) is 4.26. The normalized spacial score (nSPS) is 27.5. The molecule has 33 heavy (non-hydrogen) atoms. The van der Waals surface area contributed by atoms with Crippen LogP contribution in [-0.2, 0) is 52.3 Å². The lowest BCUT2D eigenvalue weighted by Crippen LogP contribution is -2.33. The van der Waals surface area contributed by atoms with E-state index in [1.807, 2.05) is 0 Å². The summed E-state index contributed by atoms with van der Waals surface area (Å²) in [5, 5.41) is 10.9. The van der Waals surface area contributed by atoms with E-state index >= 15 is 0 Å². The summed E-state index contributed by atoms with van der Waals surface area (Å²) in [6, 6.07) is 1.49. The molecular formula is C27H32O5S. The summed E-state index contributed by atoms with van der Waals surface area (Å²) in [5.74, 6) is 0.0873. The van der Waals surface area contributed by atoms with Gasteiger partial charge in [-0.25, -0.2) is 8.42 Å². The molecule has 0 saturated heterocycles. The quantitative estimate of drug-likeness (QED) is 0.709. The number of aliphatic hydroxyl groups is 1. The van der Waals surface area contributed by atoms with E-state index in [2.05, 4.69) is 6.92 Å². The summed E-state index contributed by atoms with van der Waals surface area (Å²) in [4.78, 5) is 13.1. The number of carbonyl (C=O) groups excluding carboxylic acids is 1. The van der Waals surface area contributed by atoms with Gasteiger partial charge in [-0.15, -0.1) is 0 Å². The fourth-order valence-electron chi connectivity index (χ4n) is 7.27. The molecule has 1 aromatic carbocycles. The Balaban J connectivity index is 1.29. The first-order valence-electron chi connectivity index (χ1n) is 12.4. The van der Waals surface area contributed by atoms with Crippen molar-refractivity contribution in [1.29, 1.82) is 0 Å². The summed E-state index contributed by atoms with van der Waals surface area (Å²) < 4.78 is 32.2. The molecule has 1 heterocycles. The van der Waals surface area contributed by atoms with Crippen molar-refractivity contribution < 1.29 is 22.7 Å². The minimum atomic E-state index is -3.90. The van der Waals surface area contributed by atoms with E-state index in [9.17, 15) is 18.3 Å². The SMILES string of the molecule is Cc1c2c(c(CC(=O)CS(=O)(=O)c3cc4c(o3)C3CCC(C3)C4(C)O)c3c1CCC3)CCC2. The molecule has 6 rings (SSSR count). The Morgan fingerprint density at radius 2 is 1.73 bits per heavy atom. The maximum atomic E-state index is 13.2. The largest absolute Gasteiger partial charge is 0.449 e. The van der Waals surface area contributed by atoms with Gasteiger partial charge < -0.3 is 9.52 Å². The molecule has 0 amide bonds. The first-order chi connectivity index (χ1) is 15.7. The van der Waals surface area contributed by atoms with Crippen LogP contribution >= 0.6 is 0 Å². The van der Waals surface area contributed by atoms with Gasteiger partial charge in [-0.3, -0.25) is 4.79 Å². The van der Waals surface area contributed by atoms with E-state index in [1.54, 1.807) is 6.92 Å². The highest BCUT2D eigenvalue weighted by atomic mass is 32.2. The maximum Gasteiger partial charge on any atom is 0.219 e. The van der Waals surface area contributed by atoms with E-state index in [-0.39, 0.29) is 29.1 Å². The number of Topliss-reactive ketones (excluding diaryl/α,β-unsaturated/α-hetero) is 1. The zero-order valence-corrected chi connectivity index (χ0v) is 20.3. The molecule has 4 aliphatic rings. The average molecular weight is 469 g/mol. The number of rotatable bonds is 5. The lowest BCUT2D eigenvalue weighted by Gasteiger charge is -2.33. The van der Waals surface area contributed by atoms with Crippen LogP contribution in [0.25, 0.3) is 0 Å². The first-order valence-corrected chi connectivity index (χ1v) is 14.1. The molecule has 0 aliphatic heterocycles. The highest BCUT2D eigenvalue weighted by Gasteiger charge is 2.49. The van der Waals surface area contributed by atoms with Gasteiger partial charge in [0.25, 0.3) is 0 Å². The summed E-state index contributed by atoms with van der Waals surface area (Å²) >= 11 is 0. The minimum Gasteiger partial charge on any atom is -0.449 e. The van der Waals surface area contributed by atoms with Crippen molar-refractivity contribution in [2.45, 2.75) is 94.7 Å². The number of sulfone groups is 1.